The lowest BCUT2D eigenvalue weighted by molar-refractivity contribution is -0.144. The van der Waals surface area contributed by atoms with Gasteiger partial charge in [-0.05, 0) is 30.5 Å². The average molecular weight is 378 g/mol. The van der Waals surface area contributed by atoms with Crippen LogP contribution >= 0.6 is 0 Å². The highest BCUT2D eigenvalue weighted by Gasteiger charge is 2.33. The van der Waals surface area contributed by atoms with Crippen molar-refractivity contribution in [2.24, 2.45) is 5.92 Å². The summed E-state index contributed by atoms with van der Waals surface area (Å²) < 4.78 is 5.88. The van der Waals surface area contributed by atoms with E-state index < -0.39 is 0 Å². The molecule has 146 valence electrons. The van der Waals surface area contributed by atoms with Crippen LogP contribution in [0.2, 0.25) is 0 Å². The zero-order valence-corrected chi connectivity index (χ0v) is 16.0. The minimum absolute atomic E-state index is 0.00523. The average Bonchev–Trinajstić information content (AvgIpc) is 2.79. The lowest BCUT2D eigenvalue weighted by atomic mass is 9.94. The molecule has 0 radical (unpaired) electrons. The number of amides is 2. The Morgan fingerprint density at radius 1 is 0.821 bits per heavy atom. The molecule has 0 N–H and O–H groups in total. The van der Waals surface area contributed by atoms with Gasteiger partial charge in [0.25, 0.3) is 5.91 Å². The standard InChI is InChI=1S/C23H26N2O3/c26-22(19-9-5-2-6-10-19)24-13-11-20(12-14-24)23(27)25-15-16-28-21(17-25)18-7-3-1-4-8-18/h1-10,20-21H,11-17H2. The molecule has 2 aromatic carbocycles. The summed E-state index contributed by atoms with van der Waals surface area (Å²) in [5.74, 6) is 0.257. The molecule has 2 aliphatic rings. The molecule has 0 spiro atoms. The van der Waals surface area contributed by atoms with E-state index in [-0.39, 0.29) is 23.8 Å². The van der Waals surface area contributed by atoms with Gasteiger partial charge in [0.15, 0.2) is 0 Å². The molecule has 2 aliphatic heterocycles. The maximum absolute atomic E-state index is 13.0. The molecule has 5 heteroatoms. The first kappa shape index (κ1) is 18.7. The van der Waals surface area contributed by atoms with E-state index in [1.807, 2.05) is 70.5 Å². The molecule has 28 heavy (non-hydrogen) atoms. The molecular weight excluding hydrogens is 352 g/mol. The first-order valence-electron chi connectivity index (χ1n) is 10.0. The number of likely N-dealkylation sites (tertiary alicyclic amines) is 1. The summed E-state index contributed by atoms with van der Waals surface area (Å²) in [6.07, 6.45) is 1.40. The van der Waals surface area contributed by atoms with Gasteiger partial charge >= 0.3 is 0 Å². The van der Waals surface area contributed by atoms with E-state index in [0.29, 0.717) is 38.3 Å². The highest BCUT2D eigenvalue weighted by Crippen LogP contribution is 2.26. The van der Waals surface area contributed by atoms with E-state index >= 15 is 0 Å². The summed E-state index contributed by atoms with van der Waals surface area (Å²) in [5.41, 5.74) is 1.83. The van der Waals surface area contributed by atoms with Crippen LogP contribution in [0, 0.1) is 5.92 Å². The van der Waals surface area contributed by atoms with Crippen molar-refractivity contribution >= 4 is 11.8 Å². The number of piperidine rings is 1. The second-order valence-electron chi connectivity index (χ2n) is 7.49. The molecular formula is C23H26N2O3. The van der Waals surface area contributed by atoms with Gasteiger partial charge in [0.05, 0.1) is 13.2 Å². The van der Waals surface area contributed by atoms with Crippen molar-refractivity contribution in [2.75, 3.05) is 32.8 Å². The van der Waals surface area contributed by atoms with Gasteiger partial charge in [-0.25, -0.2) is 0 Å². The molecule has 2 heterocycles. The Balaban J connectivity index is 1.33. The van der Waals surface area contributed by atoms with E-state index in [9.17, 15) is 9.59 Å². The zero-order chi connectivity index (χ0) is 19.3. The number of morpholine rings is 1. The smallest absolute Gasteiger partial charge is 0.253 e. The van der Waals surface area contributed by atoms with Crippen LogP contribution in [0.15, 0.2) is 60.7 Å². The third kappa shape index (κ3) is 4.09. The molecule has 1 atom stereocenters. The predicted molar refractivity (Wildman–Crippen MR) is 107 cm³/mol. The third-order valence-electron chi connectivity index (χ3n) is 5.70. The van der Waals surface area contributed by atoms with Crippen LogP contribution in [-0.2, 0) is 9.53 Å². The molecule has 0 aliphatic carbocycles. The van der Waals surface area contributed by atoms with Gasteiger partial charge in [-0.1, -0.05) is 48.5 Å². The predicted octanol–water partition coefficient (Wildman–Crippen LogP) is 3.14. The topological polar surface area (TPSA) is 49.9 Å². The highest BCUT2D eigenvalue weighted by molar-refractivity contribution is 5.94. The minimum atomic E-state index is -0.0568. The SMILES string of the molecule is O=C(c1ccccc1)N1CCC(C(=O)N2CCOC(c3ccccc3)C2)CC1. The molecule has 4 rings (SSSR count). The Hall–Kier alpha value is -2.66. The first-order chi connectivity index (χ1) is 13.7. The van der Waals surface area contributed by atoms with Gasteiger partial charge in [0, 0.05) is 31.1 Å². The molecule has 5 nitrogen and oxygen atoms in total. The maximum Gasteiger partial charge on any atom is 0.253 e. The monoisotopic (exact) mass is 378 g/mol. The minimum Gasteiger partial charge on any atom is -0.370 e. The molecule has 2 saturated heterocycles. The third-order valence-corrected chi connectivity index (χ3v) is 5.70. The molecule has 2 amide bonds. The summed E-state index contributed by atoms with van der Waals surface area (Å²) in [6, 6.07) is 19.4. The largest absolute Gasteiger partial charge is 0.370 e. The van der Waals surface area contributed by atoms with E-state index in [1.54, 1.807) is 0 Å². The van der Waals surface area contributed by atoms with Crippen LogP contribution < -0.4 is 0 Å². The van der Waals surface area contributed by atoms with E-state index in [1.165, 1.54) is 0 Å². The zero-order valence-electron chi connectivity index (χ0n) is 16.0. The van der Waals surface area contributed by atoms with Crippen molar-refractivity contribution in [1.82, 2.24) is 9.80 Å². The van der Waals surface area contributed by atoms with Crippen molar-refractivity contribution < 1.29 is 14.3 Å². The normalized spacial score (nSPS) is 20.8. The molecule has 2 fully saturated rings. The van der Waals surface area contributed by atoms with Crippen LogP contribution in [0.1, 0.15) is 34.9 Å². The summed E-state index contributed by atoms with van der Waals surface area (Å²) in [6.45, 7) is 3.08. The Morgan fingerprint density at radius 2 is 1.46 bits per heavy atom. The van der Waals surface area contributed by atoms with Crippen molar-refractivity contribution in [3.05, 3.63) is 71.8 Å². The van der Waals surface area contributed by atoms with Gasteiger partial charge in [-0.3, -0.25) is 9.59 Å². The lowest BCUT2D eigenvalue weighted by Gasteiger charge is -2.38. The van der Waals surface area contributed by atoms with Gasteiger partial charge in [-0.2, -0.15) is 0 Å². The van der Waals surface area contributed by atoms with Gasteiger partial charge in [0.1, 0.15) is 6.10 Å². The maximum atomic E-state index is 13.0. The number of hydrogen-bond donors (Lipinski definition) is 0. The quantitative estimate of drug-likeness (QED) is 0.824. The Bertz CT molecular complexity index is 801. The van der Waals surface area contributed by atoms with Crippen molar-refractivity contribution in [1.29, 1.82) is 0 Å². The van der Waals surface area contributed by atoms with Crippen LogP contribution in [0.3, 0.4) is 0 Å². The van der Waals surface area contributed by atoms with Crippen LogP contribution in [-0.4, -0.2) is 54.4 Å². The Labute approximate surface area is 165 Å². The molecule has 0 saturated carbocycles. The van der Waals surface area contributed by atoms with E-state index in [4.69, 9.17) is 4.74 Å². The summed E-state index contributed by atoms with van der Waals surface area (Å²) in [7, 11) is 0. The molecule has 0 aromatic heterocycles. The van der Waals surface area contributed by atoms with Crippen molar-refractivity contribution in [3.63, 3.8) is 0 Å². The molecule has 2 aromatic rings. The molecule has 1 unspecified atom stereocenters. The van der Waals surface area contributed by atoms with Crippen LogP contribution in [0.25, 0.3) is 0 Å². The summed E-state index contributed by atoms with van der Waals surface area (Å²) in [4.78, 5) is 29.4. The second kappa shape index (κ2) is 8.57. The van der Waals surface area contributed by atoms with Crippen LogP contribution in [0.5, 0.6) is 0 Å². The van der Waals surface area contributed by atoms with Crippen LogP contribution in [0.4, 0.5) is 0 Å². The first-order valence-corrected chi connectivity index (χ1v) is 10.0. The lowest BCUT2D eigenvalue weighted by Crippen LogP contribution is -2.48. The highest BCUT2D eigenvalue weighted by atomic mass is 16.5. The summed E-state index contributed by atoms with van der Waals surface area (Å²) in [5, 5.41) is 0. The van der Waals surface area contributed by atoms with E-state index in [0.717, 1.165) is 18.4 Å². The fraction of sp³-hybridized carbons (Fsp3) is 0.391. The van der Waals surface area contributed by atoms with Crippen molar-refractivity contribution in [3.8, 4) is 0 Å². The van der Waals surface area contributed by atoms with Gasteiger partial charge in [0.2, 0.25) is 5.91 Å². The Morgan fingerprint density at radius 3 is 2.14 bits per heavy atom. The number of rotatable bonds is 3. The fourth-order valence-corrected chi connectivity index (χ4v) is 4.07. The molecule has 0 bridgehead atoms. The number of carbonyl (C=O) groups excluding carboxylic acids is 2. The van der Waals surface area contributed by atoms with E-state index in [2.05, 4.69) is 0 Å². The summed E-state index contributed by atoms with van der Waals surface area (Å²) >= 11 is 0. The number of hydrogen-bond acceptors (Lipinski definition) is 3. The number of ether oxygens (including phenoxy) is 1. The van der Waals surface area contributed by atoms with Crippen molar-refractivity contribution in [2.45, 2.75) is 18.9 Å². The number of benzene rings is 2. The fourth-order valence-electron chi connectivity index (χ4n) is 4.07. The number of nitrogens with zero attached hydrogens (tertiary/aromatic N) is 2. The second-order valence-corrected chi connectivity index (χ2v) is 7.49. The number of carbonyl (C=O) groups is 2. The van der Waals surface area contributed by atoms with Gasteiger partial charge < -0.3 is 14.5 Å². The van der Waals surface area contributed by atoms with Gasteiger partial charge in [-0.15, -0.1) is 0 Å². The Kier molecular flexibility index (Phi) is 5.72.